The molecule has 4 rings (SSSR count). The third-order valence-corrected chi connectivity index (χ3v) is 5.83. The lowest BCUT2D eigenvalue weighted by atomic mass is 10.0. The smallest absolute Gasteiger partial charge is 0.255 e. The van der Waals surface area contributed by atoms with Crippen LogP contribution in [0, 0.1) is 0 Å². The van der Waals surface area contributed by atoms with Crippen molar-refractivity contribution in [2.24, 2.45) is 0 Å². The predicted octanol–water partition coefficient (Wildman–Crippen LogP) is 4.01. The Hall–Kier alpha value is -3.68. The first kappa shape index (κ1) is 23.5. The molecule has 0 saturated carbocycles. The van der Waals surface area contributed by atoms with Crippen LogP contribution < -0.4 is 15.4 Å². The van der Waals surface area contributed by atoms with Gasteiger partial charge in [-0.1, -0.05) is 42.5 Å². The number of anilines is 2. The predicted molar refractivity (Wildman–Crippen MR) is 133 cm³/mol. The first-order chi connectivity index (χ1) is 16.5. The third kappa shape index (κ3) is 6.01. The Kier molecular flexibility index (Phi) is 7.57. The Bertz CT molecular complexity index is 1130. The zero-order chi connectivity index (χ0) is 23.9. The van der Waals surface area contributed by atoms with Crippen molar-refractivity contribution in [3.8, 4) is 16.9 Å². The highest BCUT2D eigenvalue weighted by Crippen LogP contribution is 2.28. The summed E-state index contributed by atoms with van der Waals surface area (Å²) in [7, 11) is 1.53. The minimum Gasteiger partial charge on any atom is -0.495 e. The summed E-state index contributed by atoms with van der Waals surface area (Å²) in [5.41, 5.74) is 3.67. The van der Waals surface area contributed by atoms with Crippen molar-refractivity contribution < 1.29 is 19.4 Å². The number of benzene rings is 3. The number of piperidine rings is 1. The molecule has 1 aliphatic rings. The topological polar surface area (TPSA) is 90.9 Å². The zero-order valence-corrected chi connectivity index (χ0v) is 19.2. The lowest BCUT2D eigenvalue weighted by Gasteiger charge is -2.29. The Labute approximate surface area is 199 Å². The van der Waals surface area contributed by atoms with Crippen LogP contribution in [0.2, 0.25) is 0 Å². The van der Waals surface area contributed by atoms with Crippen LogP contribution in [0.25, 0.3) is 11.1 Å². The number of carbonyl (C=O) groups is 2. The van der Waals surface area contributed by atoms with Gasteiger partial charge in [0.2, 0.25) is 5.91 Å². The van der Waals surface area contributed by atoms with Crippen molar-refractivity contribution in [1.29, 1.82) is 0 Å². The van der Waals surface area contributed by atoms with Gasteiger partial charge in [0.15, 0.2) is 0 Å². The number of nitrogens with zero attached hydrogens (tertiary/aromatic N) is 1. The SMILES string of the molecule is COc1ccc(NC(=O)c2ccc(-c3ccccc3)cc2)cc1NC(=O)CN1CCC[C@H](O)C1. The average molecular weight is 460 g/mol. The van der Waals surface area contributed by atoms with Crippen molar-refractivity contribution in [1.82, 2.24) is 4.90 Å². The standard InChI is InChI=1S/C27H29N3O4/c1-34-25-14-13-22(16-24(25)29-26(32)18-30-15-5-8-23(31)17-30)28-27(33)21-11-9-20(10-12-21)19-6-3-2-4-7-19/h2-4,6-7,9-14,16,23,31H,5,8,15,17-18H2,1H3,(H,28,33)(H,29,32)/t23-/m0/s1. The Morgan fingerprint density at radius 1 is 1.00 bits per heavy atom. The summed E-state index contributed by atoms with van der Waals surface area (Å²) in [5, 5.41) is 15.6. The van der Waals surface area contributed by atoms with Crippen molar-refractivity contribution in [3.63, 3.8) is 0 Å². The molecule has 34 heavy (non-hydrogen) atoms. The number of β-amino-alcohol motifs (C(OH)–C–C–N with tert-alkyl or cyclic N) is 1. The molecular weight excluding hydrogens is 430 g/mol. The van der Waals surface area contributed by atoms with Crippen LogP contribution in [-0.4, -0.2) is 54.7 Å². The summed E-state index contributed by atoms with van der Waals surface area (Å²) in [5.74, 6) is 0.0500. The van der Waals surface area contributed by atoms with Gasteiger partial charge in [0.25, 0.3) is 5.91 Å². The number of rotatable bonds is 7. The lowest BCUT2D eigenvalue weighted by molar-refractivity contribution is -0.118. The third-order valence-electron chi connectivity index (χ3n) is 5.83. The maximum absolute atomic E-state index is 12.8. The molecule has 0 unspecified atom stereocenters. The Morgan fingerprint density at radius 3 is 2.44 bits per heavy atom. The molecule has 1 heterocycles. The molecular formula is C27H29N3O4. The fraction of sp³-hybridized carbons (Fsp3) is 0.259. The molecule has 1 saturated heterocycles. The Morgan fingerprint density at radius 2 is 1.74 bits per heavy atom. The summed E-state index contributed by atoms with van der Waals surface area (Å²) in [6.07, 6.45) is 1.24. The summed E-state index contributed by atoms with van der Waals surface area (Å²) in [4.78, 5) is 27.3. The van der Waals surface area contributed by atoms with Gasteiger partial charge in [0, 0.05) is 17.8 Å². The molecule has 3 N–H and O–H groups in total. The number of aliphatic hydroxyl groups excluding tert-OH is 1. The van der Waals surface area contributed by atoms with E-state index in [1.54, 1.807) is 30.3 Å². The molecule has 1 atom stereocenters. The van der Waals surface area contributed by atoms with Crippen LogP contribution in [0.4, 0.5) is 11.4 Å². The molecule has 2 amide bonds. The molecule has 1 aliphatic heterocycles. The first-order valence-electron chi connectivity index (χ1n) is 11.4. The molecule has 0 radical (unpaired) electrons. The number of aliphatic hydroxyl groups is 1. The number of ether oxygens (including phenoxy) is 1. The molecule has 7 nitrogen and oxygen atoms in total. The molecule has 7 heteroatoms. The van der Waals surface area contributed by atoms with Gasteiger partial charge < -0.3 is 20.5 Å². The quantitative estimate of drug-likeness (QED) is 0.497. The summed E-state index contributed by atoms with van der Waals surface area (Å²) < 4.78 is 5.37. The molecule has 0 spiro atoms. The van der Waals surface area contributed by atoms with Crippen molar-refractivity contribution in [3.05, 3.63) is 78.4 Å². The van der Waals surface area contributed by atoms with Crippen LogP contribution in [0.1, 0.15) is 23.2 Å². The van der Waals surface area contributed by atoms with Crippen LogP contribution in [0.15, 0.2) is 72.8 Å². The van der Waals surface area contributed by atoms with Crippen LogP contribution in [0.3, 0.4) is 0 Å². The molecule has 1 fully saturated rings. The highest BCUT2D eigenvalue weighted by Gasteiger charge is 2.20. The average Bonchev–Trinajstić information content (AvgIpc) is 2.85. The van der Waals surface area contributed by atoms with Crippen LogP contribution in [0.5, 0.6) is 5.75 Å². The number of carbonyl (C=O) groups excluding carboxylic acids is 2. The van der Waals surface area contributed by atoms with E-state index < -0.39 is 6.10 Å². The van der Waals surface area contributed by atoms with Gasteiger partial charge in [0.1, 0.15) is 5.75 Å². The second-order valence-electron chi connectivity index (χ2n) is 8.39. The van der Waals surface area contributed by atoms with Crippen LogP contribution in [-0.2, 0) is 4.79 Å². The monoisotopic (exact) mass is 459 g/mol. The molecule has 0 aromatic heterocycles. The van der Waals surface area contributed by atoms with Gasteiger partial charge in [-0.25, -0.2) is 0 Å². The summed E-state index contributed by atoms with van der Waals surface area (Å²) in [6, 6.07) is 22.5. The van der Waals surface area contributed by atoms with Crippen molar-refractivity contribution >= 4 is 23.2 Å². The van der Waals surface area contributed by atoms with Gasteiger partial charge in [0.05, 0.1) is 25.4 Å². The van der Waals surface area contributed by atoms with Gasteiger partial charge >= 0.3 is 0 Å². The van der Waals surface area contributed by atoms with Gasteiger partial charge in [-0.15, -0.1) is 0 Å². The number of methoxy groups -OCH3 is 1. The second kappa shape index (κ2) is 11.0. The highest BCUT2D eigenvalue weighted by molar-refractivity contribution is 6.05. The summed E-state index contributed by atoms with van der Waals surface area (Å²) in [6.45, 7) is 1.45. The highest BCUT2D eigenvalue weighted by atomic mass is 16.5. The fourth-order valence-corrected chi connectivity index (χ4v) is 4.10. The first-order valence-corrected chi connectivity index (χ1v) is 11.4. The van der Waals surface area contributed by atoms with Gasteiger partial charge in [-0.2, -0.15) is 0 Å². The minimum absolute atomic E-state index is 0.185. The van der Waals surface area contributed by atoms with E-state index in [1.807, 2.05) is 47.4 Å². The van der Waals surface area contributed by atoms with Crippen LogP contribution >= 0.6 is 0 Å². The molecule has 176 valence electrons. The number of likely N-dealkylation sites (tertiary alicyclic amines) is 1. The Balaban J connectivity index is 1.41. The maximum Gasteiger partial charge on any atom is 0.255 e. The number of hydrogen-bond acceptors (Lipinski definition) is 5. The second-order valence-corrected chi connectivity index (χ2v) is 8.39. The maximum atomic E-state index is 12.8. The normalized spacial score (nSPS) is 16.0. The van der Waals surface area contributed by atoms with E-state index in [4.69, 9.17) is 4.74 Å². The number of hydrogen-bond donors (Lipinski definition) is 3. The van der Waals surface area contributed by atoms with E-state index in [0.717, 1.165) is 30.5 Å². The van der Waals surface area contributed by atoms with Gasteiger partial charge in [-0.05, 0) is 60.8 Å². The van der Waals surface area contributed by atoms with E-state index >= 15 is 0 Å². The molecule has 3 aromatic rings. The zero-order valence-electron chi connectivity index (χ0n) is 19.2. The van der Waals surface area contributed by atoms with E-state index in [2.05, 4.69) is 10.6 Å². The molecule has 3 aromatic carbocycles. The molecule has 0 aliphatic carbocycles. The van der Waals surface area contributed by atoms with Gasteiger partial charge in [-0.3, -0.25) is 14.5 Å². The van der Waals surface area contributed by atoms with Crippen molar-refractivity contribution in [2.45, 2.75) is 18.9 Å². The number of nitrogens with one attached hydrogen (secondary N) is 2. The lowest BCUT2D eigenvalue weighted by Crippen LogP contribution is -2.42. The van der Waals surface area contributed by atoms with Crippen molar-refractivity contribution in [2.75, 3.05) is 37.4 Å². The largest absolute Gasteiger partial charge is 0.495 e. The van der Waals surface area contributed by atoms with E-state index in [-0.39, 0.29) is 18.4 Å². The van der Waals surface area contributed by atoms with E-state index in [9.17, 15) is 14.7 Å². The summed E-state index contributed by atoms with van der Waals surface area (Å²) >= 11 is 0. The number of amides is 2. The van der Waals surface area contributed by atoms with E-state index in [1.165, 1.54) is 7.11 Å². The molecule has 0 bridgehead atoms. The fourth-order valence-electron chi connectivity index (χ4n) is 4.10. The van der Waals surface area contributed by atoms with E-state index in [0.29, 0.717) is 29.2 Å². The minimum atomic E-state index is -0.392.